The van der Waals surface area contributed by atoms with Gasteiger partial charge in [-0.2, -0.15) is 0 Å². The number of fused-ring (bicyclic) bond motifs is 7. The maximum Gasteiger partial charge on any atom is 0.135 e. The maximum atomic E-state index is 6.12. The van der Waals surface area contributed by atoms with Crippen molar-refractivity contribution in [3.63, 3.8) is 0 Å². The highest BCUT2D eigenvalue weighted by Gasteiger charge is 2.37. The summed E-state index contributed by atoms with van der Waals surface area (Å²) in [6.45, 7) is 6.79. The number of aryl methyl sites for hydroxylation is 1. The summed E-state index contributed by atoms with van der Waals surface area (Å²) in [6, 6.07) is 19.6. The first-order chi connectivity index (χ1) is 11.1. The second kappa shape index (κ2) is 4.05. The van der Waals surface area contributed by atoms with Crippen LogP contribution in [0.3, 0.4) is 0 Å². The van der Waals surface area contributed by atoms with Gasteiger partial charge in [-0.15, -0.1) is 0 Å². The molecule has 1 aliphatic rings. The summed E-state index contributed by atoms with van der Waals surface area (Å²) < 4.78 is 6.12. The van der Waals surface area contributed by atoms with Gasteiger partial charge in [0.1, 0.15) is 11.2 Å². The Morgan fingerprint density at radius 1 is 0.826 bits per heavy atom. The van der Waals surface area contributed by atoms with E-state index in [2.05, 4.69) is 75.4 Å². The molecular weight excluding hydrogens is 280 g/mol. The number of hydrogen-bond donors (Lipinski definition) is 0. The lowest BCUT2D eigenvalue weighted by Crippen LogP contribution is -2.15. The molecule has 0 bridgehead atoms. The first kappa shape index (κ1) is 13.0. The fraction of sp³-hybridized carbons (Fsp3) is 0.182. The average molecular weight is 298 g/mol. The van der Waals surface area contributed by atoms with Gasteiger partial charge in [0.05, 0.1) is 0 Å². The van der Waals surface area contributed by atoms with Gasteiger partial charge in [0.2, 0.25) is 0 Å². The molecule has 112 valence electrons. The molecule has 0 fully saturated rings. The van der Waals surface area contributed by atoms with E-state index in [-0.39, 0.29) is 5.41 Å². The molecule has 0 amide bonds. The zero-order valence-electron chi connectivity index (χ0n) is 13.6. The van der Waals surface area contributed by atoms with Crippen molar-refractivity contribution < 1.29 is 4.42 Å². The minimum atomic E-state index is -0.00795. The molecule has 3 aromatic carbocycles. The summed E-state index contributed by atoms with van der Waals surface area (Å²) in [7, 11) is 0. The zero-order chi connectivity index (χ0) is 15.8. The highest BCUT2D eigenvalue weighted by atomic mass is 16.3. The summed E-state index contributed by atoms with van der Waals surface area (Å²) in [5.74, 6) is 0. The van der Waals surface area contributed by atoms with Crippen molar-refractivity contribution in [1.82, 2.24) is 0 Å². The van der Waals surface area contributed by atoms with Crippen molar-refractivity contribution in [2.45, 2.75) is 26.2 Å². The molecule has 1 heteroatoms. The Morgan fingerprint density at radius 3 is 2.48 bits per heavy atom. The molecule has 0 spiro atoms. The maximum absolute atomic E-state index is 6.12. The van der Waals surface area contributed by atoms with E-state index in [9.17, 15) is 0 Å². The molecule has 5 rings (SSSR count). The van der Waals surface area contributed by atoms with Crippen molar-refractivity contribution in [3.8, 4) is 11.1 Å². The Bertz CT molecular complexity index is 1100. The Morgan fingerprint density at radius 2 is 1.61 bits per heavy atom. The van der Waals surface area contributed by atoms with Gasteiger partial charge in [-0.1, -0.05) is 55.8 Å². The highest BCUT2D eigenvalue weighted by Crippen LogP contribution is 2.52. The van der Waals surface area contributed by atoms with E-state index in [1.807, 2.05) is 0 Å². The van der Waals surface area contributed by atoms with Gasteiger partial charge in [0.15, 0.2) is 0 Å². The topological polar surface area (TPSA) is 13.1 Å². The van der Waals surface area contributed by atoms with Gasteiger partial charge < -0.3 is 4.42 Å². The van der Waals surface area contributed by atoms with Gasteiger partial charge >= 0.3 is 0 Å². The van der Waals surface area contributed by atoms with E-state index in [0.717, 1.165) is 11.2 Å². The van der Waals surface area contributed by atoms with Gasteiger partial charge in [-0.05, 0) is 47.4 Å². The third-order valence-electron chi connectivity index (χ3n) is 5.31. The molecule has 1 heterocycles. The van der Waals surface area contributed by atoms with E-state index in [0.29, 0.717) is 0 Å². The lowest BCUT2D eigenvalue weighted by atomic mass is 9.80. The summed E-state index contributed by atoms with van der Waals surface area (Å²) in [5, 5.41) is 2.51. The zero-order valence-corrected chi connectivity index (χ0v) is 13.6. The lowest BCUT2D eigenvalue weighted by molar-refractivity contribution is 0.657. The lowest BCUT2D eigenvalue weighted by Gasteiger charge is -2.22. The van der Waals surface area contributed by atoms with Crippen LogP contribution in [0.5, 0.6) is 0 Å². The molecule has 0 atom stereocenters. The molecule has 1 aliphatic carbocycles. The molecule has 0 radical (unpaired) electrons. The van der Waals surface area contributed by atoms with E-state index >= 15 is 0 Å². The first-order valence-corrected chi connectivity index (χ1v) is 8.13. The second-order valence-corrected chi connectivity index (χ2v) is 7.13. The molecule has 0 saturated carbocycles. The van der Waals surface area contributed by atoms with Crippen LogP contribution in [0.4, 0.5) is 0 Å². The largest absolute Gasteiger partial charge is 0.456 e. The van der Waals surface area contributed by atoms with Crippen molar-refractivity contribution in [2.75, 3.05) is 0 Å². The Labute approximate surface area is 135 Å². The van der Waals surface area contributed by atoms with Crippen molar-refractivity contribution in [1.29, 1.82) is 0 Å². The molecular formula is C22H18O. The normalized spacial score (nSPS) is 15.1. The third kappa shape index (κ3) is 1.52. The quantitative estimate of drug-likeness (QED) is 0.376. The minimum Gasteiger partial charge on any atom is -0.456 e. The van der Waals surface area contributed by atoms with E-state index in [4.69, 9.17) is 4.42 Å². The molecule has 4 aromatic rings. The monoisotopic (exact) mass is 298 g/mol. The van der Waals surface area contributed by atoms with Crippen molar-refractivity contribution in [2.24, 2.45) is 0 Å². The van der Waals surface area contributed by atoms with Crippen LogP contribution in [-0.2, 0) is 5.41 Å². The fourth-order valence-corrected chi connectivity index (χ4v) is 4.25. The summed E-state index contributed by atoms with van der Waals surface area (Å²) in [6.07, 6.45) is 0. The fourth-order valence-electron chi connectivity index (χ4n) is 4.25. The smallest absolute Gasteiger partial charge is 0.135 e. The molecule has 0 aliphatic heterocycles. The number of furan rings is 1. The Hall–Kier alpha value is -2.54. The van der Waals surface area contributed by atoms with Crippen LogP contribution in [0.15, 0.2) is 59.0 Å². The average Bonchev–Trinajstić information content (AvgIpc) is 3.01. The predicted molar refractivity (Wildman–Crippen MR) is 96.0 cm³/mol. The number of benzene rings is 3. The van der Waals surface area contributed by atoms with E-state index in [1.165, 1.54) is 38.6 Å². The highest BCUT2D eigenvalue weighted by molar-refractivity contribution is 6.11. The van der Waals surface area contributed by atoms with Crippen LogP contribution in [-0.4, -0.2) is 0 Å². The van der Waals surface area contributed by atoms with Crippen LogP contribution in [0.1, 0.15) is 30.5 Å². The van der Waals surface area contributed by atoms with Crippen LogP contribution < -0.4 is 0 Å². The predicted octanol–water partition coefficient (Wildman–Crippen LogP) is 6.20. The number of rotatable bonds is 0. The standard InChI is InChI=1S/C22H18O/c1-13-8-10-18-16(12-13)20-19(23-18)11-9-15-14-6-4-5-7-17(14)22(2,3)21(15)20/h4-12H,1-3H3. The van der Waals surface area contributed by atoms with Gasteiger partial charge in [-0.3, -0.25) is 0 Å². The summed E-state index contributed by atoms with van der Waals surface area (Å²) >= 11 is 0. The van der Waals surface area contributed by atoms with Crippen molar-refractivity contribution in [3.05, 3.63) is 71.3 Å². The molecule has 0 saturated heterocycles. The van der Waals surface area contributed by atoms with Crippen LogP contribution in [0.25, 0.3) is 33.1 Å². The molecule has 23 heavy (non-hydrogen) atoms. The minimum absolute atomic E-state index is 0.00795. The van der Waals surface area contributed by atoms with Gasteiger partial charge in [0.25, 0.3) is 0 Å². The van der Waals surface area contributed by atoms with Gasteiger partial charge in [0, 0.05) is 16.2 Å². The summed E-state index contributed by atoms with van der Waals surface area (Å²) in [4.78, 5) is 0. The van der Waals surface area contributed by atoms with Crippen molar-refractivity contribution >= 4 is 21.9 Å². The van der Waals surface area contributed by atoms with Crippen LogP contribution in [0.2, 0.25) is 0 Å². The Balaban J connectivity index is 2.02. The Kier molecular flexibility index (Phi) is 2.28. The van der Waals surface area contributed by atoms with Gasteiger partial charge in [-0.25, -0.2) is 0 Å². The third-order valence-corrected chi connectivity index (χ3v) is 5.31. The first-order valence-electron chi connectivity index (χ1n) is 8.13. The molecule has 0 unspecified atom stereocenters. The molecule has 0 N–H and O–H groups in total. The van der Waals surface area contributed by atoms with Crippen LogP contribution >= 0.6 is 0 Å². The van der Waals surface area contributed by atoms with Crippen LogP contribution in [0, 0.1) is 6.92 Å². The summed E-state index contributed by atoms with van der Waals surface area (Å²) in [5.41, 5.74) is 8.75. The molecule has 1 aromatic heterocycles. The number of hydrogen-bond acceptors (Lipinski definition) is 1. The van der Waals surface area contributed by atoms with E-state index in [1.54, 1.807) is 0 Å². The van der Waals surface area contributed by atoms with E-state index < -0.39 is 0 Å². The molecule has 1 nitrogen and oxygen atoms in total. The SMILES string of the molecule is Cc1ccc2oc3ccc4c(c3c2c1)C(C)(C)c1ccccc1-4. The second-order valence-electron chi connectivity index (χ2n) is 7.13.